The molecule has 0 radical (unpaired) electrons. The number of nitrogens with one attached hydrogen (secondary N) is 1. The molecule has 4 heteroatoms. The van der Waals surface area contributed by atoms with E-state index in [0.717, 1.165) is 10.6 Å². The zero-order chi connectivity index (χ0) is 13.1. The number of thiophene rings is 1. The van der Waals surface area contributed by atoms with E-state index in [9.17, 15) is 4.79 Å². The second kappa shape index (κ2) is 5.23. The van der Waals surface area contributed by atoms with Crippen LogP contribution in [0.15, 0.2) is 36.4 Å². The Morgan fingerprint density at radius 3 is 2.50 bits per heavy atom. The molecule has 0 saturated heterocycles. The molecule has 0 saturated carbocycles. The molecule has 94 valence electrons. The number of para-hydroxylation sites is 1. The third kappa shape index (κ3) is 2.71. The molecule has 0 unspecified atom stereocenters. The summed E-state index contributed by atoms with van der Waals surface area (Å²) in [5.74, 6) is 0.234. The molecule has 3 N–H and O–H groups in total. The van der Waals surface area contributed by atoms with Crippen molar-refractivity contribution in [2.75, 3.05) is 11.1 Å². The fourth-order valence-electron chi connectivity index (χ4n) is 1.61. The maximum Gasteiger partial charge on any atom is 0.258 e. The highest BCUT2D eigenvalue weighted by Gasteiger charge is 2.15. The van der Waals surface area contributed by atoms with Crippen LogP contribution in [-0.2, 0) is 0 Å². The molecule has 1 aromatic carbocycles. The minimum atomic E-state index is -0.151. The fourth-order valence-corrected chi connectivity index (χ4v) is 2.53. The van der Waals surface area contributed by atoms with E-state index in [2.05, 4.69) is 19.2 Å². The molecule has 1 heterocycles. The van der Waals surface area contributed by atoms with Crippen molar-refractivity contribution in [1.29, 1.82) is 0 Å². The van der Waals surface area contributed by atoms with Crippen molar-refractivity contribution >= 4 is 27.9 Å². The first-order valence-corrected chi connectivity index (χ1v) is 6.65. The average Bonchev–Trinajstić information content (AvgIpc) is 2.73. The lowest BCUT2D eigenvalue weighted by Crippen LogP contribution is -2.12. The number of nitrogens with two attached hydrogens (primary N) is 1. The van der Waals surface area contributed by atoms with Gasteiger partial charge in [0.2, 0.25) is 0 Å². The summed E-state index contributed by atoms with van der Waals surface area (Å²) < 4.78 is 0. The summed E-state index contributed by atoms with van der Waals surface area (Å²) in [6, 6.07) is 11.3. The van der Waals surface area contributed by atoms with Crippen LogP contribution >= 0.6 is 11.3 Å². The number of amides is 1. The highest BCUT2D eigenvalue weighted by molar-refractivity contribution is 7.16. The molecule has 0 spiro atoms. The Balaban J connectivity index is 2.19. The summed E-state index contributed by atoms with van der Waals surface area (Å²) in [6.45, 7) is 4.17. The van der Waals surface area contributed by atoms with E-state index in [4.69, 9.17) is 5.73 Å². The zero-order valence-corrected chi connectivity index (χ0v) is 11.3. The maximum absolute atomic E-state index is 12.1. The lowest BCUT2D eigenvalue weighted by atomic mass is 10.1. The molecular formula is C14H16N2OS. The molecule has 1 amide bonds. The van der Waals surface area contributed by atoms with Crippen LogP contribution in [0.5, 0.6) is 0 Å². The first-order valence-electron chi connectivity index (χ1n) is 5.83. The molecule has 2 rings (SSSR count). The average molecular weight is 260 g/mol. The van der Waals surface area contributed by atoms with Crippen LogP contribution in [0, 0.1) is 0 Å². The highest BCUT2D eigenvalue weighted by atomic mass is 32.1. The van der Waals surface area contributed by atoms with Crippen LogP contribution in [-0.4, -0.2) is 5.91 Å². The number of benzene rings is 1. The van der Waals surface area contributed by atoms with Gasteiger partial charge in [0, 0.05) is 10.6 Å². The van der Waals surface area contributed by atoms with Gasteiger partial charge >= 0.3 is 0 Å². The molecular weight excluding hydrogens is 244 g/mol. The molecule has 0 aliphatic rings. The zero-order valence-electron chi connectivity index (χ0n) is 10.4. The van der Waals surface area contributed by atoms with E-state index in [0.29, 0.717) is 16.5 Å². The van der Waals surface area contributed by atoms with E-state index in [1.165, 1.54) is 11.3 Å². The van der Waals surface area contributed by atoms with Gasteiger partial charge in [-0.3, -0.25) is 4.79 Å². The lowest BCUT2D eigenvalue weighted by molar-refractivity contribution is 0.102. The number of anilines is 2. The molecule has 0 aliphatic heterocycles. The van der Waals surface area contributed by atoms with E-state index in [-0.39, 0.29) is 5.91 Å². The van der Waals surface area contributed by atoms with Crippen molar-refractivity contribution < 1.29 is 4.79 Å². The van der Waals surface area contributed by atoms with E-state index >= 15 is 0 Å². The Labute approximate surface area is 111 Å². The third-order valence-corrected chi connectivity index (χ3v) is 3.89. The lowest BCUT2D eigenvalue weighted by Gasteiger charge is -2.03. The number of nitrogen functional groups attached to an aromatic ring is 1. The van der Waals surface area contributed by atoms with Gasteiger partial charge in [0.1, 0.15) is 0 Å². The van der Waals surface area contributed by atoms with Crippen molar-refractivity contribution in [3.8, 4) is 0 Å². The van der Waals surface area contributed by atoms with Crippen molar-refractivity contribution in [2.45, 2.75) is 19.8 Å². The SMILES string of the molecule is CC(C)c1cc(C(=O)Nc2ccccc2)c(N)s1. The Morgan fingerprint density at radius 2 is 1.94 bits per heavy atom. The number of hydrogen-bond donors (Lipinski definition) is 2. The first kappa shape index (κ1) is 12.6. The minimum absolute atomic E-state index is 0.151. The Bertz CT molecular complexity index is 546. The minimum Gasteiger partial charge on any atom is -0.390 e. The van der Waals surface area contributed by atoms with Crippen LogP contribution in [0.3, 0.4) is 0 Å². The normalized spacial score (nSPS) is 10.6. The number of hydrogen-bond acceptors (Lipinski definition) is 3. The quantitative estimate of drug-likeness (QED) is 0.884. The molecule has 0 aliphatic carbocycles. The highest BCUT2D eigenvalue weighted by Crippen LogP contribution is 2.30. The second-order valence-corrected chi connectivity index (χ2v) is 5.52. The van der Waals surface area contributed by atoms with Crippen molar-refractivity contribution in [1.82, 2.24) is 0 Å². The molecule has 1 aromatic heterocycles. The van der Waals surface area contributed by atoms with Crippen LogP contribution in [0.1, 0.15) is 35.0 Å². The van der Waals surface area contributed by atoms with Crippen LogP contribution < -0.4 is 11.1 Å². The molecule has 0 fully saturated rings. The Kier molecular flexibility index (Phi) is 3.67. The van der Waals surface area contributed by atoms with Crippen LogP contribution in [0.25, 0.3) is 0 Å². The number of carbonyl (C=O) groups is 1. The number of rotatable bonds is 3. The van der Waals surface area contributed by atoms with E-state index < -0.39 is 0 Å². The van der Waals surface area contributed by atoms with E-state index in [1.54, 1.807) is 0 Å². The monoisotopic (exact) mass is 260 g/mol. The Morgan fingerprint density at radius 1 is 1.28 bits per heavy atom. The first-order chi connectivity index (χ1) is 8.58. The van der Waals surface area contributed by atoms with Crippen LogP contribution in [0.2, 0.25) is 0 Å². The van der Waals surface area contributed by atoms with Gasteiger partial charge in [0.05, 0.1) is 10.6 Å². The summed E-state index contributed by atoms with van der Waals surface area (Å²) in [7, 11) is 0. The third-order valence-electron chi connectivity index (χ3n) is 2.63. The van der Waals surface area contributed by atoms with Gasteiger partial charge in [-0.2, -0.15) is 0 Å². The summed E-state index contributed by atoms with van der Waals surface area (Å²) in [5, 5.41) is 3.42. The van der Waals surface area contributed by atoms with Crippen molar-refractivity contribution in [3.63, 3.8) is 0 Å². The summed E-state index contributed by atoms with van der Waals surface area (Å²) >= 11 is 1.48. The van der Waals surface area contributed by atoms with Crippen molar-refractivity contribution in [2.24, 2.45) is 0 Å². The fraction of sp³-hybridized carbons (Fsp3) is 0.214. The topological polar surface area (TPSA) is 55.1 Å². The Hall–Kier alpha value is -1.81. The van der Waals surface area contributed by atoms with Crippen molar-refractivity contribution in [3.05, 3.63) is 46.8 Å². The largest absolute Gasteiger partial charge is 0.390 e. The predicted octanol–water partition coefficient (Wildman–Crippen LogP) is 3.71. The summed E-state index contributed by atoms with van der Waals surface area (Å²) in [6.07, 6.45) is 0. The van der Waals surface area contributed by atoms with Gasteiger partial charge in [0.15, 0.2) is 0 Å². The van der Waals surface area contributed by atoms with Crippen LogP contribution in [0.4, 0.5) is 10.7 Å². The van der Waals surface area contributed by atoms with Gasteiger partial charge in [-0.1, -0.05) is 32.0 Å². The molecule has 0 bridgehead atoms. The molecule has 18 heavy (non-hydrogen) atoms. The van der Waals surface area contributed by atoms with Gasteiger partial charge in [-0.15, -0.1) is 11.3 Å². The predicted molar refractivity (Wildman–Crippen MR) is 77.2 cm³/mol. The summed E-state index contributed by atoms with van der Waals surface area (Å²) in [5.41, 5.74) is 7.23. The van der Waals surface area contributed by atoms with E-state index in [1.807, 2.05) is 36.4 Å². The smallest absolute Gasteiger partial charge is 0.258 e. The van der Waals surface area contributed by atoms with Gasteiger partial charge in [-0.25, -0.2) is 0 Å². The maximum atomic E-state index is 12.1. The van der Waals surface area contributed by atoms with Gasteiger partial charge < -0.3 is 11.1 Å². The molecule has 2 aromatic rings. The summed E-state index contributed by atoms with van der Waals surface area (Å²) in [4.78, 5) is 13.2. The molecule has 0 atom stereocenters. The van der Waals surface area contributed by atoms with Gasteiger partial charge in [0.25, 0.3) is 5.91 Å². The van der Waals surface area contributed by atoms with Gasteiger partial charge in [-0.05, 0) is 24.1 Å². The second-order valence-electron chi connectivity index (χ2n) is 4.40. The molecule has 3 nitrogen and oxygen atoms in total. The number of carbonyl (C=O) groups excluding carboxylic acids is 1. The standard InChI is InChI=1S/C14H16N2OS/c1-9(2)12-8-11(13(15)18-12)14(17)16-10-6-4-3-5-7-10/h3-9H,15H2,1-2H3,(H,16,17).